The van der Waals surface area contributed by atoms with Crippen LogP contribution in [-0.2, 0) is 11.3 Å². The van der Waals surface area contributed by atoms with Crippen LogP contribution in [0.3, 0.4) is 0 Å². The summed E-state index contributed by atoms with van der Waals surface area (Å²) in [4.78, 5) is 20.8. The number of rotatable bonds is 10. The number of nitrogens with zero attached hydrogens (tertiary/aromatic N) is 3. The number of β-amino-alcohol motifs (C(OH)–C–C–N with tert-alkyl or cyclic N) is 1. The lowest BCUT2D eigenvalue weighted by atomic mass is 10.2. The summed E-state index contributed by atoms with van der Waals surface area (Å²) in [6.45, 7) is 8.45. The van der Waals surface area contributed by atoms with Gasteiger partial charge < -0.3 is 19.6 Å². The standard InChI is InChI=1S/C18H30N4O4/c1-2-25-12-15(23)10-21-5-7-22(8-6-21)11-17-20-16(13-26-17)18(24)19-9-14-3-4-14/h13-15,23H,2-12H2,1H3,(H,19,24). The van der Waals surface area contributed by atoms with Crippen molar-refractivity contribution in [3.8, 4) is 0 Å². The van der Waals surface area contributed by atoms with Crippen molar-refractivity contribution in [1.29, 1.82) is 0 Å². The molecule has 1 saturated heterocycles. The highest BCUT2D eigenvalue weighted by Crippen LogP contribution is 2.27. The molecule has 0 bridgehead atoms. The molecule has 26 heavy (non-hydrogen) atoms. The molecule has 8 heteroatoms. The summed E-state index contributed by atoms with van der Waals surface area (Å²) in [7, 11) is 0. The van der Waals surface area contributed by atoms with E-state index in [1.54, 1.807) is 0 Å². The molecule has 1 saturated carbocycles. The molecule has 1 aromatic heterocycles. The molecule has 2 aliphatic rings. The van der Waals surface area contributed by atoms with E-state index in [0.717, 1.165) is 32.7 Å². The zero-order valence-corrected chi connectivity index (χ0v) is 15.5. The van der Waals surface area contributed by atoms with E-state index < -0.39 is 6.10 Å². The van der Waals surface area contributed by atoms with Gasteiger partial charge in [-0.1, -0.05) is 0 Å². The highest BCUT2D eigenvalue weighted by molar-refractivity contribution is 5.91. The van der Waals surface area contributed by atoms with Crippen molar-refractivity contribution < 1.29 is 19.1 Å². The van der Waals surface area contributed by atoms with Crippen molar-refractivity contribution in [2.45, 2.75) is 32.4 Å². The third kappa shape index (κ3) is 6.05. The Bertz CT molecular complexity index is 567. The van der Waals surface area contributed by atoms with Gasteiger partial charge in [0.2, 0.25) is 5.89 Å². The number of aliphatic hydroxyl groups excluding tert-OH is 1. The predicted octanol–water partition coefficient (Wildman–Crippen LogP) is 0.329. The molecule has 1 aliphatic heterocycles. The number of carbonyl (C=O) groups is 1. The molecule has 146 valence electrons. The number of aromatic nitrogens is 1. The molecule has 0 spiro atoms. The molecular weight excluding hydrogens is 336 g/mol. The molecule has 1 unspecified atom stereocenters. The van der Waals surface area contributed by atoms with Gasteiger partial charge in [-0.15, -0.1) is 0 Å². The first-order chi connectivity index (χ1) is 12.6. The number of hydrogen-bond acceptors (Lipinski definition) is 7. The van der Waals surface area contributed by atoms with Crippen LogP contribution in [-0.4, -0.2) is 84.4 Å². The zero-order chi connectivity index (χ0) is 18.4. The van der Waals surface area contributed by atoms with Gasteiger partial charge in [0.05, 0.1) is 19.3 Å². The molecule has 1 amide bonds. The Hall–Kier alpha value is -1.48. The van der Waals surface area contributed by atoms with Crippen molar-refractivity contribution >= 4 is 5.91 Å². The Balaban J connectivity index is 1.37. The lowest BCUT2D eigenvalue weighted by Crippen LogP contribution is -2.48. The van der Waals surface area contributed by atoms with Gasteiger partial charge in [0.25, 0.3) is 5.91 Å². The fourth-order valence-corrected chi connectivity index (χ4v) is 3.06. The molecule has 1 atom stereocenters. The number of amides is 1. The van der Waals surface area contributed by atoms with Crippen LogP contribution in [0.4, 0.5) is 0 Å². The molecule has 8 nitrogen and oxygen atoms in total. The van der Waals surface area contributed by atoms with E-state index in [9.17, 15) is 9.90 Å². The largest absolute Gasteiger partial charge is 0.447 e. The van der Waals surface area contributed by atoms with Crippen LogP contribution < -0.4 is 5.32 Å². The van der Waals surface area contributed by atoms with Crippen LogP contribution in [0.5, 0.6) is 0 Å². The van der Waals surface area contributed by atoms with Crippen LogP contribution >= 0.6 is 0 Å². The third-order valence-corrected chi connectivity index (χ3v) is 4.84. The molecule has 2 fully saturated rings. The van der Waals surface area contributed by atoms with Gasteiger partial charge in [-0.3, -0.25) is 14.6 Å². The Morgan fingerprint density at radius 2 is 2.12 bits per heavy atom. The molecule has 1 aliphatic carbocycles. The summed E-state index contributed by atoms with van der Waals surface area (Å²) in [5.41, 5.74) is 0.360. The number of nitrogens with one attached hydrogen (secondary N) is 1. The SMILES string of the molecule is CCOCC(O)CN1CCN(Cc2nc(C(=O)NCC3CC3)co2)CC1. The second-order valence-corrected chi connectivity index (χ2v) is 7.17. The number of hydrogen-bond donors (Lipinski definition) is 2. The van der Waals surface area contributed by atoms with E-state index in [0.29, 0.717) is 43.8 Å². The number of piperazine rings is 1. The van der Waals surface area contributed by atoms with E-state index in [2.05, 4.69) is 20.1 Å². The smallest absolute Gasteiger partial charge is 0.273 e. The van der Waals surface area contributed by atoms with E-state index in [4.69, 9.17) is 9.15 Å². The monoisotopic (exact) mass is 366 g/mol. The van der Waals surface area contributed by atoms with Gasteiger partial charge in [0, 0.05) is 45.9 Å². The summed E-state index contributed by atoms with van der Waals surface area (Å²) >= 11 is 0. The van der Waals surface area contributed by atoms with Crippen LogP contribution in [0.15, 0.2) is 10.7 Å². The van der Waals surface area contributed by atoms with Crippen molar-refractivity contribution in [2.24, 2.45) is 5.92 Å². The quantitative estimate of drug-likeness (QED) is 0.617. The maximum atomic E-state index is 12.0. The fraction of sp³-hybridized carbons (Fsp3) is 0.778. The number of oxazole rings is 1. The Morgan fingerprint density at radius 1 is 1.38 bits per heavy atom. The maximum Gasteiger partial charge on any atom is 0.273 e. The summed E-state index contributed by atoms with van der Waals surface area (Å²) in [6.07, 6.45) is 3.42. The van der Waals surface area contributed by atoms with E-state index in [-0.39, 0.29) is 5.91 Å². The molecule has 1 aromatic rings. The number of carbonyl (C=O) groups excluding carboxylic acids is 1. The molecular formula is C18H30N4O4. The minimum Gasteiger partial charge on any atom is -0.447 e. The highest BCUT2D eigenvalue weighted by Gasteiger charge is 2.24. The van der Waals surface area contributed by atoms with E-state index >= 15 is 0 Å². The van der Waals surface area contributed by atoms with Crippen LogP contribution in [0.25, 0.3) is 0 Å². The van der Waals surface area contributed by atoms with Crippen LogP contribution in [0.1, 0.15) is 36.1 Å². The summed E-state index contributed by atoms with van der Waals surface area (Å²) < 4.78 is 10.7. The van der Waals surface area contributed by atoms with Gasteiger partial charge in [-0.25, -0.2) is 4.98 Å². The van der Waals surface area contributed by atoms with E-state index in [1.165, 1.54) is 19.1 Å². The van der Waals surface area contributed by atoms with Gasteiger partial charge in [-0.05, 0) is 25.7 Å². The summed E-state index contributed by atoms with van der Waals surface area (Å²) in [6, 6.07) is 0. The Kier molecular flexibility index (Phi) is 7.01. The normalized spacial score (nSPS) is 20.2. The molecule has 0 aromatic carbocycles. The Labute approximate surface area is 154 Å². The molecule has 2 N–H and O–H groups in total. The first-order valence-corrected chi connectivity index (χ1v) is 9.57. The second kappa shape index (κ2) is 9.45. The average Bonchev–Trinajstić information content (AvgIpc) is 3.36. The first kappa shape index (κ1) is 19.3. The fourth-order valence-electron chi connectivity index (χ4n) is 3.06. The topological polar surface area (TPSA) is 91.1 Å². The molecule has 3 rings (SSSR count). The summed E-state index contributed by atoms with van der Waals surface area (Å²) in [5, 5.41) is 12.8. The third-order valence-electron chi connectivity index (χ3n) is 4.84. The van der Waals surface area contributed by atoms with Crippen molar-refractivity contribution in [1.82, 2.24) is 20.1 Å². The van der Waals surface area contributed by atoms with Gasteiger partial charge in [0.15, 0.2) is 5.69 Å². The first-order valence-electron chi connectivity index (χ1n) is 9.57. The minimum atomic E-state index is -0.440. The lowest BCUT2D eigenvalue weighted by Gasteiger charge is -2.34. The number of ether oxygens (including phenoxy) is 1. The van der Waals surface area contributed by atoms with Crippen molar-refractivity contribution in [3.63, 3.8) is 0 Å². The van der Waals surface area contributed by atoms with Gasteiger partial charge in [-0.2, -0.15) is 0 Å². The van der Waals surface area contributed by atoms with Gasteiger partial charge in [0.1, 0.15) is 6.26 Å². The van der Waals surface area contributed by atoms with Gasteiger partial charge >= 0.3 is 0 Å². The summed E-state index contributed by atoms with van der Waals surface area (Å²) in [5.74, 6) is 1.07. The van der Waals surface area contributed by atoms with E-state index in [1.807, 2.05) is 6.92 Å². The van der Waals surface area contributed by atoms with Crippen LogP contribution in [0, 0.1) is 5.92 Å². The zero-order valence-electron chi connectivity index (χ0n) is 15.5. The lowest BCUT2D eigenvalue weighted by molar-refractivity contribution is 0.00949. The molecule has 2 heterocycles. The van der Waals surface area contributed by atoms with Crippen molar-refractivity contribution in [2.75, 3.05) is 52.5 Å². The van der Waals surface area contributed by atoms with Crippen LogP contribution in [0.2, 0.25) is 0 Å². The molecule has 0 radical (unpaired) electrons. The maximum absolute atomic E-state index is 12.0. The van der Waals surface area contributed by atoms with Crippen molar-refractivity contribution in [3.05, 3.63) is 17.8 Å². The second-order valence-electron chi connectivity index (χ2n) is 7.17. The predicted molar refractivity (Wildman–Crippen MR) is 95.8 cm³/mol. The number of aliphatic hydroxyl groups is 1. The average molecular weight is 366 g/mol. The minimum absolute atomic E-state index is 0.153. The Morgan fingerprint density at radius 3 is 2.81 bits per heavy atom. The highest BCUT2D eigenvalue weighted by atomic mass is 16.5.